The molecule has 0 aliphatic carbocycles. The molecule has 1 atom stereocenters. The van der Waals surface area contributed by atoms with E-state index in [4.69, 9.17) is 12.2 Å². The van der Waals surface area contributed by atoms with Crippen LogP contribution in [0.3, 0.4) is 0 Å². The number of benzene rings is 1. The monoisotopic (exact) mass is 354 g/mol. The number of hydrogen-bond donors (Lipinski definition) is 2. The molecule has 0 aliphatic heterocycles. The zero-order valence-corrected chi connectivity index (χ0v) is 14.3. The summed E-state index contributed by atoms with van der Waals surface area (Å²) < 4.78 is 2.94. The Kier molecular flexibility index (Phi) is 5.69. The van der Waals surface area contributed by atoms with Gasteiger partial charge in [0.15, 0.2) is 8.29 Å². The second-order valence-electron chi connectivity index (χ2n) is 4.21. The van der Waals surface area contributed by atoms with Gasteiger partial charge in [-0.2, -0.15) is 0 Å². The van der Waals surface area contributed by atoms with E-state index in [1.54, 1.807) is 11.6 Å². The largest absolute Gasteiger partial charge is 0.341 e. The van der Waals surface area contributed by atoms with Gasteiger partial charge in [0.2, 0.25) is 5.91 Å². The van der Waals surface area contributed by atoms with Crippen molar-refractivity contribution in [3.63, 3.8) is 0 Å². The smallest absolute Gasteiger partial charge is 0.321 e. The van der Waals surface area contributed by atoms with Crippen LogP contribution in [0.4, 0.5) is 4.79 Å². The van der Waals surface area contributed by atoms with Gasteiger partial charge in [0, 0.05) is 7.05 Å². The number of para-hydroxylation sites is 1. The highest BCUT2D eigenvalue weighted by atomic mass is 32.2. The summed E-state index contributed by atoms with van der Waals surface area (Å²) in [6.07, 6.45) is 0. The van der Waals surface area contributed by atoms with Crippen LogP contribution in [0.2, 0.25) is 0 Å². The topological polar surface area (TPSA) is 76.0 Å². The number of carbonyl (C=O) groups excluding carboxylic acids is 2. The fourth-order valence-corrected chi connectivity index (χ4v) is 4.03. The van der Waals surface area contributed by atoms with Crippen molar-refractivity contribution in [2.24, 2.45) is 0 Å². The molecule has 0 fully saturated rings. The Balaban J connectivity index is 2.10. The first kappa shape index (κ1) is 16.7. The molecule has 0 aliphatic rings. The summed E-state index contributed by atoms with van der Waals surface area (Å²) in [7, 11) is 1.45. The maximum Gasteiger partial charge on any atom is 0.321 e. The van der Waals surface area contributed by atoms with Crippen molar-refractivity contribution >= 4 is 47.3 Å². The van der Waals surface area contributed by atoms with Gasteiger partial charge in [-0.3, -0.25) is 10.1 Å². The highest BCUT2D eigenvalue weighted by molar-refractivity contribution is 8.02. The molecule has 116 valence electrons. The third-order valence-electron chi connectivity index (χ3n) is 2.64. The number of imide groups is 1. The summed E-state index contributed by atoms with van der Waals surface area (Å²) in [5.41, 5.74) is 0.873. The second kappa shape index (κ2) is 7.52. The minimum absolute atomic E-state index is 0.378. The van der Waals surface area contributed by atoms with E-state index in [-0.39, 0.29) is 5.91 Å². The first-order valence-corrected chi connectivity index (χ1v) is 8.46. The maximum absolute atomic E-state index is 11.8. The SMILES string of the molecule is CNC(=O)NC(=O)C(C)Sc1nn(-c2ccccc2)c(=S)s1. The second-order valence-corrected chi connectivity index (χ2v) is 7.42. The number of thioether (sulfide) groups is 1. The van der Waals surface area contributed by atoms with Gasteiger partial charge < -0.3 is 5.32 Å². The predicted octanol–water partition coefficient (Wildman–Crippen LogP) is 2.60. The van der Waals surface area contributed by atoms with Crippen molar-refractivity contribution in [1.29, 1.82) is 0 Å². The first-order valence-electron chi connectivity index (χ1n) is 6.36. The molecule has 0 spiro atoms. The number of nitrogens with one attached hydrogen (secondary N) is 2. The van der Waals surface area contributed by atoms with Crippen molar-refractivity contribution < 1.29 is 9.59 Å². The van der Waals surface area contributed by atoms with Crippen LogP contribution in [0.25, 0.3) is 5.69 Å². The number of amides is 3. The van der Waals surface area contributed by atoms with Crippen LogP contribution < -0.4 is 10.6 Å². The third kappa shape index (κ3) is 4.15. The molecule has 1 heterocycles. The summed E-state index contributed by atoms with van der Waals surface area (Å²) in [5, 5.41) is 8.53. The standard InChI is InChI=1S/C13H14N4O2S3/c1-8(10(18)15-11(19)14-2)21-12-16-17(13(20)22-12)9-6-4-3-5-7-9/h3-8H,1-2H3,(H2,14,15,18,19). The van der Waals surface area contributed by atoms with Gasteiger partial charge in [0.05, 0.1) is 10.9 Å². The number of urea groups is 1. The Morgan fingerprint density at radius 1 is 1.36 bits per heavy atom. The van der Waals surface area contributed by atoms with Crippen molar-refractivity contribution in [3.05, 3.63) is 34.3 Å². The molecule has 2 rings (SSSR count). The zero-order chi connectivity index (χ0) is 16.1. The quantitative estimate of drug-likeness (QED) is 0.652. The predicted molar refractivity (Wildman–Crippen MR) is 90.2 cm³/mol. The van der Waals surface area contributed by atoms with Crippen LogP contribution in [0, 0.1) is 3.95 Å². The summed E-state index contributed by atoms with van der Waals surface area (Å²) in [6, 6.07) is 9.02. The minimum Gasteiger partial charge on any atom is -0.341 e. The van der Waals surface area contributed by atoms with Crippen molar-refractivity contribution in [3.8, 4) is 5.69 Å². The molecular weight excluding hydrogens is 340 g/mol. The molecule has 0 radical (unpaired) electrons. The Hall–Kier alpha value is -1.71. The number of aromatic nitrogens is 2. The molecule has 0 bridgehead atoms. The Labute approximate surface area is 140 Å². The zero-order valence-electron chi connectivity index (χ0n) is 11.9. The van der Waals surface area contributed by atoms with E-state index in [0.29, 0.717) is 8.29 Å². The van der Waals surface area contributed by atoms with Crippen LogP contribution in [0.15, 0.2) is 34.7 Å². The number of nitrogens with zero attached hydrogens (tertiary/aromatic N) is 2. The normalized spacial score (nSPS) is 11.7. The fourth-order valence-electron chi connectivity index (χ4n) is 1.52. The molecular formula is C13H14N4O2S3. The van der Waals surface area contributed by atoms with Gasteiger partial charge in [-0.25, -0.2) is 9.48 Å². The van der Waals surface area contributed by atoms with Crippen molar-refractivity contribution in [1.82, 2.24) is 20.4 Å². The molecule has 2 aromatic rings. The van der Waals surface area contributed by atoms with Crippen LogP contribution in [-0.2, 0) is 4.79 Å². The number of rotatable bonds is 4. The van der Waals surface area contributed by atoms with Crippen LogP contribution in [0.1, 0.15) is 6.92 Å². The van der Waals surface area contributed by atoms with Crippen LogP contribution in [0.5, 0.6) is 0 Å². The van der Waals surface area contributed by atoms with Gasteiger partial charge in [-0.15, -0.1) is 5.10 Å². The van der Waals surface area contributed by atoms with Crippen LogP contribution >= 0.6 is 35.3 Å². The Morgan fingerprint density at radius 3 is 2.68 bits per heavy atom. The van der Waals surface area contributed by atoms with Crippen molar-refractivity contribution in [2.75, 3.05) is 7.05 Å². The van der Waals surface area contributed by atoms with Crippen molar-refractivity contribution in [2.45, 2.75) is 16.5 Å². The molecule has 22 heavy (non-hydrogen) atoms. The Morgan fingerprint density at radius 2 is 2.05 bits per heavy atom. The lowest BCUT2D eigenvalue weighted by molar-refractivity contribution is -0.119. The van der Waals surface area contributed by atoms with Crippen LogP contribution in [-0.4, -0.2) is 34.0 Å². The average molecular weight is 354 g/mol. The average Bonchev–Trinajstić information content (AvgIpc) is 2.88. The van der Waals surface area contributed by atoms with E-state index in [1.807, 2.05) is 30.3 Å². The molecule has 1 unspecified atom stereocenters. The van der Waals surface area contributed by atoms with Gasteiger partial charge in [-0.1, -0.05) is 41.3 Å². The number of hydrogen-bond acceptors (Lipinski definition) is 6. The van der Waals surface area contributed by atoms with E-state index in [2.05, 4.69) is 15.7 Å². The molecule has 1 aromatic carbocycles. The Bertz CT molecular complexity index is 726. The van der Waals surface area contributed by atoms with Gasteiger partial charge in [0.1, 0.15) is 0 Å². The molecule has 6 nitrogen and oxygen atoms in total. The molecule has 0 saturated carbocycles. The highest BCUT2D eigenvalue weighted by Crippen LogP contribution is 2.27. The molecule has 2 N–H and O–H groups in total. The van der Waals surface area contributed by atoms with E-state index in [0.717, 1.165) is 5.69 Å². The lowest BCUT2D eigenvalue weighted by Gasteiger charge is -2.08. The first-order chi connectivity index (χ1) is 10.5. The third-order valence-corrected chi connectivity index (χ3v) is 5.06. The summed E-state index contributed by atoms with van der Waals surface area (Å²) in [5.74, 6) is -0.378. The van der Waals surface area contributed by atoms with Gasteiger partial charge in [0.25, 0.3) is 0 Å². The minimum atomic E-state index is -0.528. The molecule has 3 amide bonds. The fraction of sp³-hybridized carbons (Fsp3) is 0.231. The maximum atomic E-state index is 11.8. The molecule has 0 saturated heterocycles. The highest BCUT2D eigenvalue weighted by Gasteiger charge is 2.19. The van der Waals surface area contributed by atoms with E-state index >= 15 is 0 Å². The lowest BCUT2D eigenvalue weighted by Crippen LogP contribution is -2.41. The summed E-state index contributed by atoms with van der Waals surface area (Å²) in [4.78, 5) is 23.0. The van der Waals surface area contributed by atoms with Gasteiger partial charge >= 0.3 is 6.03 Å². The van der Waals surface area contributed by atoms with E-state index in [1.165, 1.54) is 30.1 Å². The van der Waals surface area contributed by atoms with Gasteiger partial charge in [-0.05, 0) is 31.3 Å². The molecule has 9 heteroatoms. The summed E-state index contributed by atoms with van der Waals surface area (Å²) in [6.45, 7) is 1.71. The summed E-state index contributed by atoms with van der Waals surface area (Å²) >= 11 is 7.89. The van der Waals surface area contributed by atoms with E-state index in [9.17, 15) is 9.59 Å². The lowest BCUT2D eigenvalue weighted by atomic mass is 10.3. The van der Waals surface area contributed by atoms with E-state index < -0.39 is 11.3 Å². The number of carbonyl (C=O) groups is 2. The molecule has 1 aromatic heterocycles.